The first-order chi connectivity index (χ1) is 14.0. The monoisotopic (exact) mass is 412 g/mol. The number of rotatable bonds is 7. The third-order valence-corrected chi connectivity index (χ3v) is 5.01. The molecule has 0 aromatic heterocycles. The molecule has 0 spiro atoms. The zero-order chi connectivity index (χ0) is 20.8. The summed E-state index contributed by atoms with van der Waals surface area (Å²) in [5.41, 5.74) is 1.60. The number of aliphatic hydroxyl groups is 1. The molecule has 1 heterocycles. The van der Waals surface area contributed by atoms with E-state index in [9.17, 15) is 4.79 Å². The van der Waals surface area contributed by atoms with Gasteiger partial charge in [0.25, 0.3) is 5.91 Å². The zero-order valence-corrected chi connectivity index (χ0v) is 17.5. The van der Waals surface area contributed by atoms with Crippen molar-refractivity contribution in [3.05, 3.63) is 59.0 Å². The van der Waals surface area contributed by atoms with Crippen LogP contribution in [0, 0.1) is 0 Å². The molecule has 2 aromatic rings. The Hall–Kier alpha value is -2.77. The summed E-state index contributed by atoms with van der Waals surface area (Å²) in [6.07, 6.45) is 1.82. The van der Waals surface area contributed by atoms with Gasteiger partial charge < -0.3 is 14.6 Å². The Bertz CT molecular complexity index is 926. The van der Waals surface area contributed by atoms with Crippen LogP contribution in [-0.4, -0.2) is 42.5 Å². The molecular formula is C22H24N2O4S. The molecule has 0 bridgehead atoms. The van der Waals surface area contributed by atoms with Crippen molar-refractivity contribution in [3.63, 3.8) is 0 Å². The minimum atomic E-state index is -0.111. The van der Waals surface area contributed by atoms with Crippen molar-refractivity contribution in [1.29, 1.82) is 0 Å². The second-order valence-corrected chi connectivity index (χ2v) is 7.58. The Morgan fingerprint density at radius 2 is 1.93 bits per heavy atom. The van der Waals surface area contributed by atoms with Gasteiger partial charge in [0.2, 0.25) is 0 Å². The zero-order valence-electron chi connectivity index (χ0n) is 16.7. The van der Waals surface area contributed by atoms with Gasteiger partial charge in [-0.2, -0.15) is 0 Å². The van der Waals surface area contributed by atoms with Gasteiger partial charge in [-0.05, 0) is 61.5 Å². The Kier molecular flexibility index (Phi) is 6.95. The first-order valence-electron chi connectivity index (χ1n) is 9.32. The molecule has 1 N–H and O–H groups in total. The summed E-state index contributed by atoms with van der Waals surface area (Å²) in [5.74, 6) is 0.974. The van der Waals surface area contributed by atoms with Crippen LogP contribution in [0.15, 0.2) is 58.4 Å². The van der Waals surface area contributed by atoms with Crippen molar-refractivity contribution >= 4 is 34.6 Å². The molecule has 0 unspecified atom stereocenters. The number of hydrogen-bond donors (Lipinski definition) is 1. The SMILES string of the molecule is COc1cc(C=C2SC(=NC(C)C)N(c3ccccc3)C2=O)ccc1OCCO. The van der Waals surface area contributed by atoms with Gasteiger partial charge in [-0.15, -0.1) is 0 Å². The van der Waals surface area contributed by atoms with Crippen LogP contribution in [-0.2, 0) is 4.79 Å². The van der Waals surface area contributed by atoms with Crippen LogP contribution in [0.25, 0.3) is 6.08 Å². The number of aliphatic imine (C=N–C) groups is 1. The lowest BCUT2D eigenvalue weighted by Crippen LogP contribution is -2.29. The maximum absolute atomic E-state index is 13.1. The number of nitrogens with zero attached hydrogens (tertiary/aromatic N) is 2. The van der Waals surface area contributed by atoms with Crippen molar-refractivity contribution in [2.75, 3.05) is 25.2 Å². The molecule has 1 fully saturated rings. The van der Waals surface area contributed by atoms with E-state index in [0.29, 0.717) is 21.6 Å². The maximum Gasteiger partial charge on any atom is 0.271 e. The molecule has 29 heavy (non-hydrogen) atoms. The highest BCUT2D eigenvalue weighted by Gasteiger charge is 2.34. The molecule has 1 aliphatic heterocycles. The summed E-state index contributed by atoms with van der Waals surface area (Å²) in [7, 11) is 1.55. The van der Waals surface area contributed by atoms with Gasteiger partial charge >= 0.3 is 0 Å². The first kappa shape index (κ1) is 21.0. The second kappa shape index (κ2) is 9.62. The number of anilines is 1. The smallest absolute Gasteiger partial charge is 0.271 e. The Balaban J connectivity index is 1.94. The van der Waals surface area contributed by atoms with Crippen LogP contribution in [0.5, 0.6) is 11.5 Å². The molecular weight excluding hydrogens is 388 g/mol. The van der Waals surface area contributed by atoms with Gasteiger partial charge in [-0.3, -0.25) is 14.7 Å². The number of thioether (sulfide) groups is 1. The predicted molar refractivity (Wildman–Crippen MR) is 118 cm³/mol. The molecule has 7 heteroatoms. The highest BCUT2D eigenvalue weighted by Crippen LogP contribution is 2.37. The molecule has 6 nitrogen and oxygen atoms in total. The van der Waals surface area contributed by atoms with Gasteiger partial charge in [-0.1, -0.05) is 24.3 Å². The second-order valence-electron chi connectivity index (χ2n) is 6.57. The summed E-state index contributed by atoms with van der Waals surface area (Å²) >= 11 is 1.36. The topological polar surface area (TPSA) is 71.4 Å². The van der Waals surface area contributed by atoms with Crippen LogP contribution < -0.4 is 14.4 Å². The minimum absolute atomic E-state index is 0.0684. The molecule has 0 atom stereocenters. The van der Waals surface area contributed by atoms with Crippen molar-refractivity contribution in [3.8, 4) is 11.5 Å². The lowest BCUT2D eigenvalue weighted by molar-refractivity contribution is -0.113. The van der Waals surface area contributed by atoms with Crippen LogP contribution in [0.2, 0.25) is 0 Å². The largest absolute Gasteiger partial charge is 0.493 e. The van der Waals surface area contributed by atoms with E-state index in [1.54, 1.807) is 24.1 Å². The molecule has 0 radical (unpaired) electrons. The number of amidine groups is 1. The summed E-state index contributed by atoms with van der Waals surface area (Å²) in [5, 5.41) is 9.60. The van der Waals surface area contributed by atoms with Crippen molar-refractivity contribution in [2.45, 2.75) is 19.9 Å². The Morgan fingerprint density at radius 1 is 1.17 bits per heavy atom. The van der Waals surface area contributed by atoms with Crippen molar-refractivity contribution < 1.29 is 19.4 Å². The number of aliphatic hydroxyl groups excluding tert-OH is 1. The van der Waals surface area contributed by atoms with Crippen molar-refractivity contribution in [2.24, 2.45) is 4.99 Å². The maximum atomic E-state index is 13.1. The summed E-state index contributed by atoms with van der Waals surface area (Å²) < 4.78 is 10.8. The summed E-state index contributed by atoms with van der Waals surface area (Å²) in [6.45, 7) is 4.08. The van der Waals surface area contributed by atoms with Gasteiger partial charge in [0.1, 0.15) is 6.61 Å². The molecule has 1 aliphatic rings. The third-order valence-electron chi connectivity index (χ3n) is 4.02. The Labute approximate surface area is 174 Å². The average molecular weight is 413 g/mol. The van der Waals surface area contributed by atoms with E-state index in [1.165, 1.54) is 11.8 Å². The fourth-order valence-electron chi connectivity index (χ4n) is 2.79. The lowest BCUT2D eigenvalue weighted by Gasteiger charge is -2.16. The Morgan fingerprint density at radius 3 is 2.59 bits per heavy atom. The number of para-hydroxylation sites is 1. The van der Waals surface area contributed by atoms with Crippen LogP contribution in [0.4, 0.5) is 5.69 Å². The molecule has 2 aromatic carbocycles. The number of ether oxygens (including phenoxy) is 2. The molecule has 0 saturated carbocycles. The third kappa shape index (κ3) is 4.99. The van der Waals surface area contributed by atoms with Crippen LogP contribution >= 0.6 is 11.8 Å². The van der Waals surface area contributed by atoms with Crippen molar-refractivity contribution in [1.82, 2.24) is 0 Å². The van der Waals surface area contributed by atoms with Crippen LogP contribution in [0.3, 0.4) is 0 Å². The van der Waals surface area contributed by atoms with E-state index in [-0.39, 0.29) is 25.2 Å². The van der Waals surface area contributed by atoms with E-state index < -0.39 is 0 Å². The number of methoxy groups -OCH3 is 1. The van der Waals surface area contributed by atoms with Gasteiger partial charge in [0.05, 0.1) is 24.3 Å². The number of amides is 1. The van der Waals surface area contributed by atoms with E-state index in [0.717, 1.165) is 11.3 Å². The number of hydrogen-bond acceptors (Lipinski definition) is 6. The first-order valence-corrected chi connectivity index (χ1v) is 10.1. The highest BCUT2D eigenvalue weighted by atomic mass is 32.2. The number of carbonyl (C=O) groups is 1. The number of carbonyl (C=O) groups excluding carboxylic acids is 1. The molecule has 3 rings (SSSR count). The number of benzene rings is 2. The average Bonchev–Trinajstić information content (AvgIpc) is 3.01. The molecule has 1 saturated heterocycles. The summed E-state index contributed by atoms with van der Waals surface area (Å²) in [6, 6.07) is 15.0. The lowest BCUT2D eigenvalue weighted by atomic mass is 10.2. The predicted octanol–water partition coefficient (Wildman–Crippen LogP) is 3.95. The molecule has 152 valence electrons. The minimum Gasteiger partial charge on any atom is -0.493 e. The highest BCUT2D eigenvalue weighted by molar-refractivity contribution is 8.19. The van der Waals surface area contributed by atoms with E-state index in [1.807, 2.05) is 56.3 Å². The van der Waals surface area contributed by atoms with E-state index in [4.69, 9.17) is 14.6 Å². The standard InChI is InChI=1S/C22H24N2O4S/c1-15(2)23-22-24(17-7-5-4-6-8-17)21(26)20(29-22)14-16-9-10-18(28-12-11-25)19(13-16)27-3/h4-10,13-15,25H,11-12H2,1-3H3. The summed E-state index contributed by atoms with van der Waals surface area (Å²) in [4.78, 5) is 20.0. The fourth-order valence-corrected chi connectivity index (χ4v) is 3.90. The molecule has 0 aliphatic carbocycles. The quantitative estimate of drug-likeness (QED) is 0.697. The molecule has 1 amide bonds. The van der Waals surface area contributed by atoms with Gasteiger partial charge in [0, 0.05) is 6.04 Å². The van der Waals surface area contributed by atoms with Crippen LogP contribution in [0.1, 0.15) is 19.4 Å². The van der Waals surface area contributed by atoms with E-state index >= 15 is 0 Å². The normalized spacial score (nSPS) is 16.9. The fraction of sp³-hybridized carbons (Fsp3) is 0.273. The van der Waals surface area contributed by atoms with Gasteiger partial charge in [-0.25, -0.2) is 0 Å². The van der Waals surface area contributed by atoms with Gasteiger partial charge in [0.15, 0.2) is 16.7 Å². The van der Waals surface area contributed by atoms with E-state index in [2.05, 4.69) is 4.99 Å².